The van der Waals surface area contributed by atoms with E-state index in [-0.39, 0.29) is 5.91 Å². The van der Waals surface area contributed by atoms with E-state index in [9.17, 15) is 4.79 Å². The molecule has 2 aromatic carbocycles. The molecule has 1 heterocycles. The number of hydrogen-bond donors (Lipinski definition) is 1. The summed E-state index contributed by atoms with van der Waals surface area (Å²) in [7, 11) is 0. The first-order valence-corrected chi connectivity index (χ1v) is 8.56. The minimum Gasteiger partial charge on any atom is -0.492 e. The minimum atomic E-state index is -0.105. The molecule has 1 aromatic heterocycles. The fraction of sp³-hybridized carbons (Fsp3) is 0.200. The third-order valence-electron chi connectivity index (χ3n) is 4.11. The molecule has 1 N–H and O–H groups in total. The first kappa shape index (κ1) is 17.8. The number of nitrogens with zero attached hydrogens (tertiary/aromatic N) is 2. The van der Waals surface area contributed by atoms with E-state index in [0.717, 1.165) is 28.0 Å². The predicted molar refractivity (Wildman–Crippen MR) is 103 cm³/mol. The van der Waals surface area contributed by atoms with Gasteiger partial charge in [0.2, 0.25) is 5.91 Å². The zero-order valence-corrected chi connectivity index (χ0v) is 15.3. The Morgan fingerprint density at radius 1 is 1.27 bits per heavy atom. The number of aromatic nitrogens is 1. The van der Waals surface area contributed by atoms with Crippen molar-refractivity contribution in [3.05, 3.63) is 58.7 Å². The van der Waals surface area contributed by atoms with Crippen molar-refractivity contribution in [2.24, 2.45) is 0 Å². The van der Waals surface area contributed by atoms with Crippen molar-refractivity contribution in [2.45, 2.75) is 20.4 Å². The monoisotopic (exact) mass is 367 g/mol. The number of nitriles is 1. The van der Waals surface area contributed by atoms with Gasteiger partial charge >= 0.3 is 0 Å². The van der Waals surface area contributed by atoms with Crippen molar-refractivity contribution in [3.63, 3.8) is 0 Å². The van der Waals surface area contributed by atoms with Gasteiger partial charge in [0.1, 0.15) is 18.4 Å². The molecule has 0 aliphatic heterocycles. The molecule has 132 valence electrons. The number of ether oxygens (including phenoxy) is 1. The second-order valence-corrected chi connectivity index (χ2v) is 6.34. The smallest absolute Gasteiger partial charge is 0.221 e. The summed E-state index contributed by atoms with van der Waals surface area (Å²) in [5.74, 6) is 0.630. The van der Waals surface area contributed by atoms with Crippen LogP contribution >= 0.6 is 11.6 Å². The van der Waals surface area contributed by atoms with Crippen molar-refractivity contribution in [2.75, 3.05) is 11.9 Å². The van der Waals surface area contributed by atoms with Gasteiger partial charge in [0.25, 0.3) is 0 Å². The van der Waals surface area contributed by atoms with Gasteiger partial charge in [0, 0.05) is 29.2 Å². The lowest BCUT2D eigenvalue weighted by Crippen LogP contribution is -2.09. The number of amides is 1. The molecule has 0 radical (unpaired) electrons. The Morgan fingerprint density at radius 3 is 2.65 bits per heavy atom. The van der Waals surface area contributed by atoms with E-state index < -0.39 is 0 Å². The third-order valence-corrected chi connectivity index (χ3v) is 4.51. The number of nitrogens with one attached hydrogen (secondary N) is 1. The van der Waals surface area contributed by atoms with Gasteiger partial charge in [-0.2, -0.15) is 5.26 Å². The average molecular weight is 368 g/mol. The average Bonchev–Trinajstić information content (AvgIpc) is 2.93. The summed E-state index contributed by atoms with van der Waals surface area (Å²) in [4.78, 5) is 11.0. The van der Waals surface area contributed by atoms with Gasteiger partial charge in [0.15, 0.2) is 0 Å². The van der Waals surface area contributed by atoms with Crippen LogP contribution in [0.2, 0.25) is 5.02 Å². The van der Waals surface area contributed by atoms with Crippen LogP contribution in [-0.2, 0) is 11.3 Å². The highest BCUT2D eigenvalue weighted by molar-refractivity contribution is 6.36. The number of fused-ring (bicyclic) bond motifs is 1. The molecular weight excluding hydrogens is 350 g/mol. The van der Waals surface area contributed by atoms with E-state index in [4.69, 9.17) is 21.6 Å². The molecule has 0 saturated heterocycles. The Kier molecular flexibility index (Phi) is 5.15. The summed E-state index contributed by atoms with van der Waals surface area (Å²) in [6.07, 6.45) is 0. The Bertz CT molecular complexity index is 1000. The second kappa shape index (κ2) is 7.51. The van der Waals surface area contributed by atoms with Crippen LogP contribution in [0.1, 0.15) is 18.2 Å². The highest BCUT2D eigenvalue weighted by Crippen LogP contribution is 2.29. The molecule has 0 fully saturated rings. The van der Waals surface area contributed by atoms with Crippen molar-refractivity contribution >= 4 is 34.1 Å². The van der Waals surface area contributed by atoms with Crippen molar-refractivity contribution in [1.29, 1.82) is 5.26 Å². The Labute approximate surface area is 156 Å². The second-order valence-electron chi connectivity index (χ2n) is 5.96. The van der Waals surface area contributed by atoms with E-state index in [1.165, 1.54) is 6.92 Å². The molecule has 3 rings (SSSR count). The van der Waals surface area contributed by atoms with E-state index in [2.05, 4.69) is 16.0 Å². The van der Waals surface area contributed by atoms with Gasteiger partial charge in [-0.3, -0.25) is 4.79 Å². The molecule has 3 aromatic rings. The first-order chi connectivity index (χ1) is 12.5. The van der Waals surface area contributed by atoms with Gasteiger partial charge in [-0.1, -0.05) is 11.6 Å². The zero-order chi connectivity index (χ0) is 18.7. The van der Waals surface area contributed by atoms with Crippen LogP contribution in [0.5, 0.6) is 5.75 Å². The van der Waals surface area contributed by atoms with Crippen molar-refractivity contribution in [3.8, 4) is 11.8 Å². The summed E-state index contributed by atoms with van der Waals surface area (Å²) in [5, 5.41) is 13.2. The number of halogens is 1. The maximum Gasteiger partial charge on any atom is 0.221 e. The van der Waals surface area contributed by atoms with Gasteiger partial charge in [-0.25, -0.2) is 0 Å². The molecule has 1 amide bonds. The van der Waals surface area contributed by atoms with E-state index in [1.54, 1.807) is 18.2 Å². The molecule has 0 unspecified atom stereocenters. The Morgan fingerprint density at radius 2 is 2.00 bits per heavy atom. The molecule has 0 saturated carbocycles. The molecule has 0 bridgehead atoms. The third kappa shape index (κ3) is 3.66. The molecule has 0 spiro atoms. The van der Waals surface area contributed by atoms with Gasteiger partial charge in [0.05, 0.1) is 17.1 Å². The van der Waals surface area contributed by atoms with Crippen LogP contribution in [0.25, 0.3) is 10.9 Å². The molecule has 5 nitrogen and oxygen atoms in total. The number of carbonyl (C=O) groups is 1. The summed E-state index contributed by atoms with van der Waals surface area (Å²) in [5.41, 5.74) is 3.25. The van der Waals surface area contributed by atoms with E-state index >= 15 is 0 Å². The fourth-order valence-electron chi connectivity index (χ4n) is 2.91. The fourth-order valence-corrected chi connectivity index (χ4v) is 3.16. The van der Waals surface area contributed by atoms with E-state index in [1.807, 2.05) is 31.2 Å². The highest BCUT2D eigenvalue weighted by Gasteiger charge is 2.11. The summed E-state index contributed by atoms with van der Waals surface area (Å²) < 4.78 is 7.92. The lowest BCUT2D eigenvalue weighted by Gasteiger charge is -2.11. The van der Waals surface area contributed by atoms with Crippen LogP contribution in [-0.4, -0.2) is 17.1 Å². The topological polar surface area (TPSA) is 67.0 Å². The summed E-state index contributed by atoms with van der Waals surface area (Å²) >= 11 is 6.31. The highest BCUT2D eigenvalue weighted by atomic mass is 35.5. The standard InChI is InChI=1S/C20H18ClN3O2/c1-13-11-18-19(8-3-15(12-22)20(18)21)24(13)9-10-26-17-6-4-16(5-7-17)23-14(2)25/h3-8,11H,9-10H2,1-2H3,(H,23,25). The number of benzene rings is 2. The van der Waals surface area contributed by atoms with Gasteiger partial charge in [-0.05, 0) is 49.4 Å². The molecule has 6 heteroatoms. The summed E-state index contributed by atoms with van der Waals surface area (Å²) in [6.45, 7) is 4.62. The van der Waals surface area contributed by atoms with E-state index in [0.29, 0.717) is 23.7 Å². The van der Waals surface area contributed by atoms with Gasteiger partial charge in [-0.15, -0.1) is 0 Å². The van der Waals surface area contributed by atoms with Crippen LogP contribution in [0.4, 0.5) is 5.69 Å². The Hall–Kier alpha value is -2.97. The number of aryl methyl sites for hydroxylation is 1. The number of carbonyl (C=O) groups excluding carboxylic acids is 1. The van der Waals surface area contributed by atoms with Gasteiger partial charge < -0.3 is 14.6 Å². The van der Waals surface area contributed by atoms with Crippen LogP contribution in [0.15, 0.2) is 42.5 Å². The zero-order valence-electron chi connectivity index (χ0n) is 14.5. The lowest BCUT2D eigenvalue weighted by atomic mass is 10.2. The maximum atomic E-state index is 11.0. The van der Waals surface area contributed by atoms with Crippen molar-refractivity contribution in [1.82, 2.24) is 4.57 Å². The largest absolute Gasteiger partial charge is 0.492 e. The van der Waals surface area contributed by atoms with Crippen LogP contribution < -0.4 is 10.1 Å². The molecule has 0 atom stereocenters. The number of anilines is 1. The molecule has 26 heavy (non-hydrogen) atoms. The molecule has 0 aliphatic carbocycles. The molecule has 0 aliphatic rings. The van der Waals surface area contributed by atoms with Crippen LogP contribution in [0, 0.1) is 18.3 Å². The maximum absolute atomic E-state index is 11.0. The van der Waals surface area contributed by atoms with Crippen molar-refractivity contribution < 1.29 is 9.53 Å². The predicted octanol–water partition coefficient (Wildman–Crippen LogP) is 4.51. The first-order valence-electron chi connectivity index (χ1n) is 8.18. The lowest BCUT2D eigenvalue weighted by molar-refractivity contribution is -0.114. The number of hydrogen-bond acceptors (Lipinski definition) is 3. The van der Waals surface area contributed by atoms with Crippen LogP contribution in [0.3, 0.4) is 0 Å². The normalized spacial score (nSPS) is 10.5. The Balaban J connectivity index is 1.70. The SMILES string of the molecule is CC(=O)Nc1ccc(OCCn2c(C)cc3c(Cl)c(C#N)ccc32)cc1. The number of rotatable bonds is 5. The summed E-state index contributed by atoms with van der Waals surface area (Å²) in [6, 6.07) is 15.0. The minimum absolute atomic E-state index is 0.105. The molecular formula is C20H18ClN3O2. The quantitative estimate of drug-likeness (QED) is 0.721.